The lowest BCUT2D eigenvalue weighted by Crippen LogP contribution is -2.00. The number of anilines is 1. The molecule has 19 heavy (non-hydrogen) atoms. The largest absolute Gasteiger partial charge is 0.504 e. The summed E-state index contributed by atoms with van der Waals surface area (Å²) in [5, 5.41) is 12.9. The van der Waals surface area contributed by atoms with Crippen molar-refractivity contribution in [3.63, 3.8) is 0 Å². The van der Waals surface area contributed by atoms with Crippen molar-refractivity contribution < 1.29 is 9.84 Å². The van der Waals surface area contributed by atoms with Crippen LogP contribution in [0.1, 0.15) is 16.7 Å². The van der Waals surface area contributed by atoms with E-state index in [4.69, 9.17) is 4.74 Å². The molecule has 3 heteroatoms. The second-order valence-electron chi connectivity index (χ2n) is 4.66. The molecule has 0 heterocycles. The van der Waals surface area contributed by atoms with E-state index in [9.17, 15) is 5.11 Å². The molecule has 0 atom stereocenters. The molecular formula is C16H19NO2. The summed E-state index contributed by atoms with van der Waals surface area (Å²) in [5.74, 6) is 0.664. The first-order valence-corrected chi connectivity index (χ1v) is 6.27. The van der Waals surface area contributed by atoms with Crippen LogP contribution < -0.4 is 10.1 Å². The van der Waals surface area contributed by atoms with Crippen molar-refractivity contribution in [3.8, 4) is 11.5 Å². The van der Waals surface area contributed by atoms with Gasteiger partial charge in [-0.2, -0.15) is 0 Å². The highest BCUT2D eigenvalue weighted by atomic mass is 16.5. The van der Waals surface area contributed by atoms with Crippen molar-refractivity contribution in [1.29, 1.82) is 0 Å². The van der Waals surface area contributed by atoms with Crippen LogP contribution in [0.5, 0.6) is 11.5 Å². The highest BCUT2D eigenvalue weighted by Crippen LogP contribution is 2.26. The predicted molar refractivity (Wildman–Crippen MR) is 77.9 cm³/mol. The monoisotopic (exact) mass is 257 g/mol. The summed E-state index contributed by atoms with van der Waals surface area (Å²) in [4.78, 5) is 0. The van der Waals surface area contributed by atoms with Crippen molar-refractivity contribution in [3.05, 3.63) is 53.1 Å². The molecule has 2 N–H and O–H groups in total. The van der Waals surface area contributed by atoms with Crippen molar-refractivity contribution >= 4 is 5.69 Å². The summed E-state index contributed by atoms with van der Waals surface area (Å²) in [6.45, 7) is 4.90. The molecule has 0 aliphatic heterocycles. The number of benzene rings is 2. The number of aromatic hydroxyl groups is 1. The highest BCUT2D eigenvalue weighted by molar-refractivity contribution is 5.49. The fourth-order valence-corrected chi connectivity index (χ4v) is 1.89. The van der Waals surface area contributed by atoms with E-state index in [0.29, 0.717) is 12.3 Å². The number of hydrogen-bond donors (Lipinski definition) is 2. The topological polar surface area (TPSA) is 41.5 Å². The zero-order valence-corrected chi connectivity index (χ0v) is 11.5. The van der Waals surface area contributed by atoms with Crippen LogP contribution in [0.2, 0.25) is 0 Å². The maximum absolute atomic E-state index is 9.54. The molecule has 0 saturated heterocycles. The SMILES string of the molecule is COc1cc(CNc2ccc(C)c(C)c2)ccc1O. The maximum Gasteiger partial charge on any atom is 0.160 e. The first-order chi connectivity index (χ1) is 9.10. The number of phenols is 1. The number of rotatable bonds is 4. The van der Waals surface area contributed by atoms with Gasteiger partial charge in [0, 0.05) is 12.2 Å². The molecule has 0 spiro atoms. The Labute approximate surface area is 113 Å². The summed E-state index contributed by atoms with van der Waals surface area (Å²) in [6.07, 6.45) is 0. The average molecular weight is 257 g/mol. The van der Waals surface area contributed by atoms with Gasteiger partial charge in [-0.3, -0.25) is 0 Å². The quantitative estimate of drug-likeness (QED) is 0.878. The van der Waals surface area contributed by atoms with Gasteiger partial charge in [0.1, 0.15) is 0 Å². The molecule has 2 aromatic rings. The van der Waals surface area contributed by atoms with E-state index in [-0.39, 0.29) is 5.75 Å². The lowest BCUT2D eigenvalue weighted by Gasteiger charge is -2.10. The highest BCUT2D eigenvalue weighted by Gasteiger charge is 2.03. The molecule has 2 rings (SSSR count). The van der Waals surface area contributed by atoms with Crippen LogP contribution in [0.3, 0.4) is 0 Å². The molecule has 0 aliphatic rings. The smallest absolute Gasteiger partial charge is 0.160 e. The summed E-state index contributed by atoms with van der Waals surface area (Å²) < 4.78 is 5.09. The van der Waals surface area contributed by atoms with Gasteiger partial charge in [-0.05, 0) is 54.8 Å². The van der Waals surface area contributed by atoms with E-state index in [1.54, 1.807) is 13.2 Å². The fourth-order valence-electron chi connectivity index (χ4n) is 1.89. The van der Waals surface area contributed by atoms with E-state index < -0.39 is 0 Å². The van der Waals surface area contributed by atoms with E-state index in [1.165, 1.54) is 11.1 Å². The molecule has 2 aromatic carbocycles. The minimum absolute atomic E-state index is 0.164. The fraction of sp³-hybridized carbons (Fsp3) is 0.250. The van der Waals surface area contributed by atoms with Crippen LogP contribution in [0, 0.1) is 13.8 Å². The summed E-state index contributed by atoms with van der Waals surface area (Å²) >= 11 is 0. The summed E-state index contributed by atoms with van der Waals surface area (Å²) in [5.41, 5.74) is 4.72. The number of hydrogen-bond acceptors (Lipinski definition) is 3. The molecule has 0 aromatic heterocycles. The standard InChI is InChI=1S/C16H19NO2/c1-11-4-6-14(8-12(11)2)17-10-13-5-7-15(18)16(9-13)19-3/h4-9,17-18H,10H2,1-3H3. The molecule has 0 aliphatic carbocycles. The Hall–Kier alpha value is -2.16. The van der Waals surface area contributed by atoms with Crippen molar-refractivity contribution in [1.82, 2.24) is 0 Å². The average Bonchev–Trinajstić information content (AvgIpc) is 2.41. The third kappa shape index (κ3) is 3.19. The maximum atomic E-state index is 9.54. The van der Waals surface area contributed by atoms with Crippen molar-refractivity contribution in [2.45, 2.75) is 20.4 Å². The number of ether oxygens (including phenoxy) is 1. The number of methoxy groups -OCH3 is 1. The Morgan fingerprint density at radius 2 is 1.84 bits per heavy atom. The third-order valence-electron chi connectivity index (χ3n) is 3.25. The predicted octanol–water partition coefficient (Wildman–Crippen LogP) is 3.63. The molecule has 3 nitrogen and oxygen atoms in total. The minimum atomic E-state index is 0.164. The van der Waals surface area contributed by atoms with E-state index >= 15 is 0 Å². The normalized spacial score (nSPS) is 10.3. The second kappa shape index (κ2) is 5.65. The van der Waals surface area contributed by atoms with Crippen LogP contribution in [0.15, 0.2) is 36.4 Å². The second-order valence-corrected chi connectivity index (χ2v) is 4.66. The van der Waals surface area contributed by atoms with Gasteiger partial charge in [-0.25, -0.2) is 0 Å². The lowest BCUT2D eigenvalue weighted by atomic mass is 10.1. The molecule has 0 amide bonds. The Morgan fingerprint density at radius 3 is 2.53 bits per heavy atom. The zero-order chi connectivity index (χ0) is 13.8. The Kier molecular flexibility index (Phi) is 3.95. The molecule has 0 bridgehead atoms. The third-order valence-corrected chi connectivity index (χ3v) is 3.25. The van der Waals surface area contributed by atoms with Gasteiger partial charge in [-0.1, -0.05) is 12.1 Å². The van der Waals surface area contributed by atoms with Gasteiger partial charge >= 0.3 is 0 Å². The Balaban J connectivity index is 2.07. The van der Waals surface area contributed by atoms with Crippen molar-refractivity contribution in [2.24, 2.45) is 0 Å². The molecular weight excluding hydrogens is 238 g/mol. The summed E-state index contributed by atoms with van der Waals surface area (Å²) in [7, 11) is 1.55. The Bertz CT molecular complexity index is 579. The number of phenolic OH excluding ortho intramolecular Hbond substituents is 1. The number of nitrogens with one attached hydrogen (secondary N) is 1. The van der Waals surface area contributed by atoms with Crippen LogP contribution in [0.25, 0.3) is 0 Å². The van der Waals surface area contributed by atoms with Crippen LogP contribution in [0.4, 0.5) is 5.69 Å². The summed E-state index contributed by atoms with van der Waals surface area (Å²) in [6, 6.07) is 11.7. The molecule has 0 fully saturated rings. The van der Waals surface area contributed by atoms with Gasteiger partial charge in [0.15, 0.2) is 11.5 Å². The van der Waals surface area contributed by atoms with Gasteiger partial charge < -0.3 is 15.2 Å². The van der Waals surface area contributed by atoms with Gasteiger partial charge in [0.05, 0.1) is 7.11 Å². The van der Waals surface area contributed by atoms with E-state index in [2.05, 4.69) is 37.4 Å². The van der Waals surface area contributed by atoms with Crippen molar-refractivity contribution in [2.75, 3.05) is 12.4 Å². The molecule has 100 valence electrons. The van der Waals surface area contributed by atoms with Gasteiger partial charge in [-0.15, -0.1) is 0 Å². The van der Waals surface area contributed by atoms with E-state index in [0.717, 1.165) is 11.3 Å². The van der Waals surface area contributed by atoms with Gasteiger partial charge in [0.25, 0.3) is 0 Å². The first-order valence-electron chi connectivity index (χ1n) is 6.27. The van der Waals surface area contributed by atoms with E-state index in [1.807, 2.05) is 12.1 Å². The molecule has 0 saturated carbocycles. The molecule has 0 unspecified atom stereocenters. The van der Waals surface area contributed by atoms with Crippen LogP contribution >= 0.6 is 0 Å². The molecule has 0 radical (unpaired) electrons. The minimum Gasteiger partial charge on any atom is -0.504 e. The Morgan fingerprint density at radius 1 is 1.05 bits per heavy atom. The lowest BCUT2D eigenvalue weighted by molar-refractivity contribution is 0.373. The zero-order valence-electron chi connectivity index (χ0n) is 11.5. The van der Waals surface area contributed by atoms with Gasteiger partial charge in [0.2, 0.25) is 0 Å². The van der Waals surface area contributed by atoms with Crippen LogP contribution in [-0.4, -0.2) is 12.2 Å². The van der Waals surface area contributed by atoms with Crippen LogP contribution in [-0.2, 0) is 6.54 Å². The number of aryl methyl sites for hydroxylation is 2. The first kappa shape index (κ1) is 13.3.